The lowest BCUT2D eigenvalue weighted by atomic mass is 10.2. The van der Waals surface area contributed by atoms with E-state index in [0.717, 1.165) is 35.4 Å². The first-order valence-corrected chi connectivity index (χ1v) is 63.6. The number of hydrogen-bond acceptors (Lipinski definition) is 48. The third-order valence-corrected chi connectivity index (χ3v) is 34.5. The van der Waals surface area contributed by atoms with Gasteiger partial charge in [-0.25, -0.2) is 33.9 Å². The lowest BCUT2D eigenvalue weighted by Crippen LogP contribution is -2.33. The van der Waals surface area contributed by atoms with Crippen LogP contribution < -0.4 is 79.0 Å². The van der Waals surface area contributed by atoms with Gasteiger partial charge in [-0.2, -0.15) is 15.0 Å². The van der Waals surface area contributed by atoms with Crippen LogP contribution in [-0.4, -0.2) is 258 Å². The molecule has 0 saturated carbocycles. The molecule has 16 heterocycles. The van der Waals surface area contributed by atoms with Crippen molar-refractivity contribution in [2.75, 3.05) is 63.4 Å². The number of aryl methyl sites for hydroxylation is 4. The fraction of sp³-hybridized carbons (Fsp3) is 0.565. The van der Waals surface area contributed by atoms with Crippen LogP contribution >= 0.6 is 66.5 Å². The summed E-state index contributed by atoms with van der Waals surface area (Å²) in [4.78, 5) is 269. The zero-order chi connectivity index (χ0) is 106. The standard InChI is InChI=1S/C69H89N21O41P8S8/c1-27-14-85(66(98)80-57(27)91)47-7-31(125-132(102)140)38(118-47)19-112-134(105,142)128-34-10-49(87-16-29(3)59(93)82-68(87)100)121-41(34)21-114-138(109,146)130-36-12-51(89-25-73-53-55(89)76-63(71)78-61(53)95)123-43(36)23-116-135(106,143)126-32-8-46(84-6-5-45(70)75-65(84)97)119-40(32)20-113-137(108,145)129-35-11-50(88-17-30(4)60(94)83-69(88)101)122-42(35)22-115-139(110,147)131-37-13-52(90-26-74-54-56(90)77-64(72)79-62(54)96)124-44(37)24-117-136(107,144)127-33-9-48(120-39(33)18-111-133(103,104)141)86-15-28(2)58(92)81-67(86)99/h5-6,14-17,25-26,31-44,46-52H,7-13,18-24H2,1-4H3,(H20-,70,71,72,75,76,77,78,79,80,81,82,83,91,92,93,94,95,96,97,98,99,100,101,102,103,104,105,106,107,108,109,110,140,141,142,143,144,145,146,147)/p+1. The predicted octanol–water partition coefficient (Wildman–Crippen LogP) is -1.39. The highest BCUT2D eigenvalue weighted by Gasteiger charge is 2.52. The van der Waals surface area contributed by atoms with Crippen molar-refractivity contribution in [1.82, 2.24) is 86.8 Å². The minimum Gasteiger partial charge on any atom is -0.383 e. The summed E-state index contributed by atoms with van der Waals surface area (Å²) in [7, 11) is -2.62. The molecule has 28 atom stereocenters. The maximum absolute atomic E-state index is 13.6. The van der Waals surface area contributed by atoms with Gasteiger partial charge in [0.2, 0.25) is 11.9 Å². The summed E-state index contributed by atoms with van der Waals surface area (Å²) < 4.78 is 146. The van der Waals surface area contributed by atoms with Crippen LogP contribution in [0.4, 0.5) is 17.7 Å². The van der Waals surface area contributed by atoms with E-state index < -0.39 is 304 Å². The van der Waals surface area contributed by atoms with E-state index in [4.69, 9.17) is 185 Å². The van der Waals surface area contributed by atoms with Gasteiger partial charge in [-0.1, -0.05) is 0 Å². The number of nitrogens with two attached hydrogens (primary N) is 3. The molecular weight excluding hydrogens is 2280 g/mol. The Balaban J connectivity index is 0.610. The van der Waals surface area contributed by atoms with Crippen molar-refractivity contribution in [3.8, 4) is 0 Å². The summed E-state index contributed by atoms with van der Waals surface area (Å²) in [5.41, 5.74) is 8.28. The molecule has 0 aliphatic carbocycles. The summed E-state index contributed by atoms with van der Waals surface area (Å²) in [6.45, 7) is -32.6. The highest BCUT2D eigenvalue weighted by atomic mass is 32.7. The SMILES string of the molecule is Cc1cn(C2CC(O[P+](=O)S)C(COP(O)(=S)OC3CC(n4cc(C)c(=O)[nH]c4=O)OC3COP(O)(=S)OC3CC(n4cnc5c(=O)[nH]c(N)nc54)OC3COP(O)(=S)OC3CC(n4ccc(N)nc4=O)OC3COP(O)(=S)OC3CC(n4cc(C)c(=O)[nH]c4=O)OC3COP(O)(=S)OC3CC(n4cnc5c(=O)[nH]c(N)nc54)OC3COP(O)(=S)OC3CC(n4cc(C)c(=O)[nH]c4=O)OC3COP(O)(O)=S)O2)c(=O)[nH]c1=O. The van der Waals surface area contributed by atoms with Gasteiger partial charge in [0.1, 0.15) is 110 Å². The molecule has 7 saturated heterocycles. The molecule has 16 rings (SSSR count). The Hall–Kier alpha value is -6.46. The molecule has 78 heteroatoms. The zero-order valence-corrected chi connectivity index (χ0v) is 89.4. The number of thiol groups is 1. The number of nitrogens with one attached hydrogen (secondary N) is 6. The van der Waals surface area contributed by atoms with Crippen molar-refractivity contribution in [1.29, 1.82) is 0 Å². The maximum atomic E-state index is 13.6. The quantitative estimate of drug-likeness (QED) is 0.0155. The van der Waals surface area contributed by atoms with E-state index in [0.29, 0.717) is 0 Å². The van der Waals surface area contributed by atoms with Crippen molar-refractivity contribution in [2.24, 2.45) is 0 Å². The average Bonchev–Trinajstić information content (AvgIpc) is 1.62. The molecule has 7 aliphatic rings. The number of hydrogen-bond donors (Lipinski definition) is 18. The van der Waals surface area contributed by atoms with Gasteiger partial charge in [0.15, 0.2) is 22.3 Å². The monoisotopic (exact) mass is 2370 g/mol. The molecule has 147 heavy (non-hydrogen) atoms. The van der Waals surface area contributed by atoms with Crippen molar-refractivity contribution in [2.45, 2.75) is 202 Å². The summed E-state index contributed by atoms with van der Waals surface area (Å²) in [6.07, 6.45) is -23.5. The fourth-order valence-electron chi connectivity index (χ4n) is 16.6. The lowest BCUT2D eigenvalue weighted by Gasteiger charge is -2.29. The molecule has 0 amide bonds. The molecule has 0 radical (unpaired) electrons. The Labute approximate surface area is 862 Å². The summed E-state index contributed by atoms with van der Waals surface area (Å²) >= 11 is 42.0. The smallest absolute Gasteiger partial charge is 0.383 e. The molecular formula is C69H90N21O41P8S8+. The van der Waals surface area contributed by atoms with E-state index in [1.807, 2.05) is 0 Å². The van der Waals surface area contributed by atoms with Gasteiger partial charge in [-0.3, -0.25) is 90.6 Å². The van der Waals surface area contributed by atoms with Gasteiger partial charge in [0, 0.05) is 98.2 Å². The first-order chi connectivity index (χ1) is 68.9. The number of ether oxygens (including phenoxy) is 7. The van der Waals surface area contributed by atoms with Gasteiger partial charge in [0.05, 0.1) is 95.5 Å². The Morgan fingerprint density at radius 1 is 0.361 bits per heavy atom. The van der Waals surface area contributed by atoms with Crippen LogP contribution in [0.25, 0.3) is 22.3 Å². The highest BCUT2D eigenvalue weighted by Crippen LogP contribution is 2.59. The van der Waals surface area contributed by atoms with Gasteiger partial charge in [-0.15, -0.1) is 4.52 Å². The van der Waals surface area contributed by atoms with Crippen LogP contribution in [0.1, 0.15) is 111 Å². The number of rotatable bonds is 42. The number of aromatic amines is 6. The second-order valence-electron chi connectivity index (χ2n) is 33.7. The molecule has 9 aromatic rings. The number of nitrogens with zero attached hydrogens (tertiary/aromatic N) is 12. The maximum Gasteiger partial charge on any atom is 0.582 e. The van der Waals surface area contributed by atoms with E-state index in [1.165, 1.54) is 74.0 Å². The Morgan fingerprint density at radius 3 is 0.850 bits per heavy atom. The van der Waals surface area contributed by atoms with Crippen molar-refractivity contribution in [3.63, 3.8) is 0 Å². The van der Waals surface area contributed by atoms with E-state index >= 15 is 0 Å². The normalized spacial score (nSPS) is 29.1. The number of H-pyrrole nitrogens is 6. The third kappa shape index (κ3) is 27.7. The molecule has 9 aromatic heterocycles. The van der Waals surface area contributed by atoms with Crippen molar-refractivity contribution in [3.05, 3.63) is 187 Å². The van der Waals surface area contributed by atoms with E-state index in [1.54, 1.807) is 0 Å². The van der Waals surface area contributed by atoms with Crippen molar-refractivity contribution >= 4 is 189 Å². The molecule has 7 aliphatic heterocycles. The fourth-order valence-corrected chi connectivity index (χ4v) is 26.8. The molecule has 7 fully saturated rings. The molecule has 0 bridgehead atoms. The minimum atomic E-state index is -4.81. The first-order valence-electron chi connectivity index (χ1n) is 43.1. The summed E-state index contributed by atoms with van der Waals surface area (Å²) in [6, 6.07) is 1.24. The number of anilines is 3. The molecule has 28 unspecified atom stereocenters. The van der Waals surface area contributed by atoms with Gasteiger partial charge < -0.3 is 148 Å². The zero-order valence-electron chi connectivity index (χ0n) is 75.7. The average molecular weight is 2370 g/mol. The highest BCUT2D eigenvalue weighted by molar-refractivity contribution is 8.39. The number of aromatic nitrogens is 18. The van der Waals surface area contributed by atoms with Crippen LogP contribution in [0.5, 0.6) is 0 Å². The minimum absolute atomic E-state index is 0.0116. The largest absolute Gasteiger partial charge is 0.582 e. The number of fused-ring (bicyclic) bond motifs is 2. The van der Waals surface area contributed by atoms with Crippen LogP contribution in [0, 0.1) is 27.7 Å². The van der Waals surface area contributed by atoms with Gasteiger partial charge in [-0.05, 0) is 121 Å². The first kappa shape index (κ1) is 113. The van der Waals surface area contributed by atoms with E-state index in [2.05, 4.69) is 78.9 Å². The number of nitrogen functional groups attached to an aromatic ring is 3. The molecule has 0 aromatic carbocycles. The summed E-state index contributed by atoms with van der Waals surface area (Å²) in [5, 5.41) is 0. The van der Waals surface area contributed by atoms with Gasteiger partial charge >= 0.3 is 82.7 Å². The van der Waals surface area contributed by atoms with Gasteiger partial charge in [0.25, 0.3) is 33.4 Å². The predicted molar refractivity (Wildman–Crippen MR) is 532 cm³/mol. The van der Waals surface area contributed by atoms with Crippen LogP contribution in [0.3, 0.4) is 0 Å². The van der Waals surface area contributed by atoms with Crippen LogP contribution in [0.15, 0.2) is 102 Å². The molecule has 20 N–H and O–H groups in total. The van der Waals surface area contributed by atoms with E-state index in [-0.39, 0.29) is 94.4 Å². The Kier molecular flexibility index (Phi) is 35.0. The molecule has 62 nitrogen and oxygen atoms in total. The Morgan fingerprint density at radius 2 is 0.599 bits per heavy atom. The molecule has 0 spiro atoms. The second kappa shape index (κ2) is 45.5. The third-order valence-electron chi connectivity index (χ3n) is 23.4. The van der Waals surface area contributed by atoms with Crippen molar-refractivity contribution < 1.29 is 140 Å². The summed E-state index contributed by atoms with van der Waals surface area (Å²) in [5.74, 6) is -0.897. The molecule has 804 valence electrons. The topological polar surface area (TPSA) is 832 Å². The van der Waals surface area contributed by atoms with E-state index in [9.17, 15) is 96.5 Å². The van der Waals surface area contributed by atoms with Crippen LogP contribution in [0.2, 0.25) is 0 Å². The van der Waals surface area contributed by atoms with Crippen LogP contribution in [-0.2, 0) is 184 Å². The Bertz CT molecular complexity index is 7660. The number of imidazole rings is 2. The second-order valence-corrected chi connectivity index (χ2v) is 54.8. The lowest BCUT2D eigenvalue weighted by molar-refractivity contribution is -0.0577.